The Hall–Kier alpha value is -3.02. The molecule has 29 heavy (non-hydrogen) atoms. The second kappa shape index (κ2) is 8.55. The number of nitrogens with one attached hydrogen (secondary N) is 3. The van der Waals surface area contributed by atoms with Gasteiger partial charge in [0.2, 0.25) is 11.0 Å². The van der Waals surface area contributed by atoms with Gasteiger partial charge in [-0.1, -0.05) is 35.1 Å². The average Bonchev–Trinajstić information content (AvgIpc) is 3.12. The van der Waals surface area contributed by atoms with Crippen LogP contribution in [0.4, 0.5) is 16.5 Å². The fourth-order valence-electron chi connectivity index (χ4n) is 2.20. The number of hydrogen-bond acceptors (Lipinski definition) is 7. The number of rotatable bonds is 6. The maximum absolute atomic E-state index is 12.5. The molecule has 3 rings (SSSR count). The maximum atomic E-state index is 12.5. The van der Waals surface area contributed by atoms with Crippen LogP contribution in [-0.2, 0) is 14.8 Å². The fraction of sp³-hybridized carbons (Fsp3) is 0.0588. The van der Waals surface area contributed by atoms with Gasteiger partial charge in [-0.05, 0) is 36.4 Å². The zero-order chi connectivity index (χ0) is 21.0. The second-order valence-corrected chi connectivity index (χ2v) is 8.91. The Kier molecular flexibility index (Phi) is 6.11. The smallest absolute Gasteiger partial charge is 0.291 e. The number of amides is 2. The molecule has 150 valence electrons. The molecule has 0 bridgehead atoms. The van der Waals surface area contributed by atoms with Crippen LogP contribution in [0.5, 0.6) is 0 Å². The first-order valence-electron chi connectivity index (χ1n) is 8.04. The van der Waals surface area contributed by atoms with Crippen molar-refractivity contribution in [2.24, 2.45) is 0 Å². The average molecular weight is 452 g/mol. The Balaban J connectivity index is 1.71. The molecule has 0 aliphatic carbocycles. The van der Waals surface area contributed by atoms with Crippen molar-refractivity contribution in [2.75, 3.05) is 15.4 Å². The lowest BCUT2D eigenvalue weighted by Gasteiger charge is -2.06. The van der Waals surface area contributed by atoms with E-state index in [0.717, 1.165) is 0 Å². The summed E-state index contributed by atoms with van der Waals surface area (Å²) in [6.45, 7) is 1.37. The number of carbonyl (C=O) groups is 2. The Morgan fingerprint density at radius 3 is 2.28 bits per heavy atom. The van der Waals surface area contributed by atoms with Gasteiger partial charge in [0.25, 0.3) is 20.3 Å². The van der Waals surface area contributed by atoms with Crippen LogP contribution in [0.1, 0.15) is 17.3 Å². The highest BCUT2D eigenvalue weighted by Gasteiger charge is 2.22. The van der Waals surface area contributed by atoms with E-state index in [1.807, 2.05) is 0 Å². The molecule has 2 amide bonds. The molecule has 0 saturated carbocycles. The zero-order valence-electron chi connectivity index (χ0n) is 14.8. The molecule has 0 radical (unpaired) electrons. The first-order valence-corrected chi connectivity index (χ1v) is 10.7. The SMILES string of the molecule is CC(=O)Nc1ccc(NS(=O)(=O)c2nnc(NC(=O)c3ccccc3Cl)s2)cc1. The fourth-order valence-corrected chi connectivity index (χ4v) is 4.38. The van der Waals surface area contributed by atoms with Crippen LogP contribution < -0.4 is 15.4 Å². The summed E-state index contributed by atoms with van der Waals surface area (Å²) in [5.41, 5.74) is 1.03. The van der Waals surface area contributed by atoms with Gasteiger partial charge in [-0.3, -0.25) is 19.6 Å². The van der Waals surface area contributed by atoms with E-state index >= 15 is 0 Å². The van der Waals surface area contributed by atoms with Crippen LogP contribution in [-0.4, -0.2) is 30.4 Å². The first-order chi connectivity index (χ1) is 13.7. The van der Waals surface area contributed by atoms with Crippen molar-refractivity contribution < 1.29 is 18.0 Å². The summed E-state index contributed by atoms with van der Waals surface area (Å²) in [6, 6.07) is 12.5. The quantitative estimate of drug-likeness (QED) is 0.493. The van der Waals surface area contributed by atoms with Gasteiger partial charge in [0, 0.05) is 18.3 Å². The lowest BCUT2D eigenvalue weighted by molar-refractivity contribution is -0.114. The van der Waals surface area contributed by atoms with Gasteiger partial charge in [0.05, 0.1) is 10.6 Å². The van der Waals surface area contributed by atoms with Crippen LogP contribution >= 0.6 is 22.9 Å². The highest BCUT2D eigenvalue weighted by Crippen LogP contribution is 2.24. The summed E-state index contributed by atoms with van der Waals surface area (Å²) < 4.78 is 27.0. The van der Waals surface area contributed by atoms with Crippen molar-refractivity contribution in [3.05, 3.63) is 59.1 Å². The summed E-state index contributed by atoms with van der Waals surface area (Å²) in [4.78, 5) is 23.3. The summed E-state index contributed by atoms with van der Waals surface area (Å²) >= 11 is 6.66. The van der Waals surface area contributed by atoms with Crippen molar-refractivity contribution in [3.8, 4) is 0 Å². The van der Waals surface area contributed by atoms with Crippen molar-refractivity contribution >= 4 is 61.3 Å². The van der Waals surface area contributed by atoms with Crippen molar-refractivity contribution in [1.29, 1.82) is 0 Å². The predicted molar refractivity (Wildman–Crippen MR) is 111 cm³/mol. The number of nitrogens with zero attached hydrogens (tertiary/aromatic N) is 2. The zero-order valence-corrected chi connectivity index (χ0v) is 17.2. The molecule has 12 heteroatoms. The molecule has 0 fully saturated rings. The van der Waals surface area contributed by atoms with Crippen LogP contribution in [0.2, 0.25) is 5.02 Å². The topological polar surface area (TPSA) is 130 Å². The van der Waals surface area contributed by atoms with E-state index in [-0.39, 0.29) is 31.7 Å². The number of hydrogen-bond donors (Lipinski definition) is 3. The van der Waals surface area contributed by atoms with Gasteiger partial charge in [-0.2, -0.15) is 8.42 Å². The summed E-state index contributed by atoms with van der Waals surface area (Å²) in [7, 11) is -4.01. The van der Waals surface area contributed by atoms with Gasteiger partial charge >= 0.3 is 0 Å². The molecule has 0 aliphatic heterocycles. The molecule has 0 aliphatic rings. The lowest BCUT2D eigenvalue weighted by atomic mass is 10.2. The Morgan fingerprint density at radius 2 is 1.62 bits per heavy atom. The first kappa shape index (κ1) is 20.7. The Labute approximate surface area is 175 Å². The Morgan fingerprint density at radius 1 is 0.966 bits per heavy atom. The van der Waals surface area contributed by atoms with E-state index in [9.17, 15) is 18.0 Å². The molecule has 0 atom stereocenters. The molecule has 0 saturated heterocycles. The van der Waals surface area contributed by atoms with Gasteiger partial charge in [-0.25, -0.2) is 0 Å². The number of anilines is 3. The number of benzene rings is 2. The molecular formula is C17H14ClN5O4S2. The van der Waals surface area contributed by atoms with Gasteiger partial charge in [-0.15, -0.1) is 10.2 Å². The van der Waals surface area contributed by atoms with Gasteiger partial charge < -0.3 is 5.32 Å². The minimum absolute atomic E-state index is 0.0105. The molecule has 0 spiro atoms. The molecule has 3 N–H and O–H groups in total. The maximum Gasteiger partial charge on any atom is 0.291 e. The van der Waals surface area contributed by atoms with Crippen LogP contribution in [0.15, 0.2) is 52.9 Å². The van der Waals surface area contributed by atoms with Crippen molar-refractivity contribution in [2.45, 2.75) is 11.3 Å². The van der Waals surface area contributed by atoms with Crippen LogP contribution in [0.25, 0.3) is 0 Å². The number of carbonyl (C=O) groups excluding carboxylic acids is 2. The minimum atomic E-state index is -4.01. The number of halogens is 1. The molecule has 9 nitrogen and oxygen atoms in total. The molecule has 1 aromatic heterocycles. The third-order valence-electron chi connectivity index (χ3n) is 3.43. The lowest BCUT2D eigenvalue weighted by Crippen LogP contribution is -2.13. The molecule has 2 aromatic carbocycles. The predicted octanol–water partition coefficient (Wildman–Crippen LogP) is 3.20. The molecular weight excluding hydrogens is 438 g/mol. The molecule has 1 heterocycles. The van der Waals surface area contributed by atoms with E-state index in [2.05, 4.69) is 25.6 Å². The van der Waals surface area contributed by atoms with Crippen molar-refractivity contribution in [1.82, 2.24) is 10.2 Å². The van der Waals surface area contributed by atoms with E-state index in [1.54, 1.807) is 30.3 Å². The van der Waals surface area contributed by atoms with E-state index in [0.29, 0.717) is 17.0 Å². The third-order valence-corrected chi connectivity index (χ3v) is 6.35. The van der Waals surface area contributed by atoms with Gasteiger partial charge in [0.1, 0.15) is 0 Å². The minimum Gasteiger partial charge on any atom is -0.326 e. The normalized spacial score (nSPS) is 11.0. The standard InChI is InChI=1S/C17H14ClN5O4S2/c1-10(24)19-11-6-8-12(9-7-11)23-29(26,27)17-22-21-16(28-17)20-15(25)13-4-2-3-5-14(13)18/h2-9,23H,1H3,(H,19,24)(H,20,21,25). The van der Waals surface area contributed by atoms with E-state index in [1.165, 1.54) is 25.1 Å². The van der Waals surface area contributed by atoms with E-state index in [4.69, 9.17) is 11.6 Å². The third kappa shape index (κ3) is 5.28. The second-order valence-electron chi connectivity index (χ2n) is 5.67. The van der Waals surface area contributed by atoms with Crippen LogP contribution in [0, 0.1) is 0 Å². The number of sulfonamides is 1. The monoisotopic (exact) mass is 451 g/mol. The molecule has 0 unspecified atom stereocenters. The summed E-state index contributed by atoms with van der Waals surface area (Å²) in [5, 5.41) is 12.6. The van der Waals surface area contributed by atoms with Crippen molar-refractivity contribution in [3.63, 3.8) is 0 Å². The largest absolute Gasteiger partial charge is 0.326 e. The number of aromatic nitrogens is 2. The highest BCUT2D eigenvalue weighted by molar-refractivity contribution is 7.94. The van der Waals surface area contributed by atoms with E-state index < -0.39 is 15.9 Å². The van der Waals surface area contributed by atoms with Crippen LogP contribution in [0.3, 0.4) is 0 Å². The molecule has 3 aromatic rings. The Bertz CT molecular complexity index is 1160. The summed E-state index contributed by atoms with van der Waals surface area (Å²) in [5.74, 6) is -0.768. The highest BCUT2D eigenvalue weighted by atomic mass is 35.5. The van der Waals surface area contributed by atoms with Gasteiger partial charge in [0.15, 0.2) is 0 Å². The summed E-state index contributed by atoms with van der Waals surface area (Å²) in [6.07, 6.45) is 0.